The normalized spacial score (nSPS) is 11.0. The van der Waals surface area contributed by atoms with E-state index in [9.17, 15) is 13.2 Å². The number of nitrogens with zero attached hydrogens (tertiary/aromatic N) is 1. The standard InChI is InChI=1S/C19H22N2O3S/c1-5-13-21(25(4,23)24)17-11-9-16(10-12-17)19(22)20-18-14(2)7-6-8-15(18)3/h5-12H,1,13H2,2-4H3,(H,20,22). The van der Waals surface area contributed by atoms with Crippen LogP contribution in [0.25, 0.3) is 0 Å². The van der Waals surface area contributed by atoms with Crippen LogP contribution in [0.3, 0.4) is 0 Å². The van der Waals surface area contributed by atoms with E-state index < -0.39 is 10.0 Å². The second kappa shape index (κ2) is 7.53. The topological polar surface area (TPSA) is 66.5 Å². The smallest absolute Gasteiger partial charge is 0.255 e. The molecule has 0 fully saturated rings. The molecule has 6 heteroatoms. The molecule has 2 aromatic carbocycles. The van der Waals surface area contributed by atoms with Crippen LogP contribution in [0.15, 0.2) is 55.1 Å². The Kier molecular flexibility index (Phi) is 5.64. The van der Waals surface area contributed by atoms with E-state index in [0.717, 1.165) is 23.1 Å². The van der Waals surface area contributed by atoms with Gasteiger partial charge in [0, 0.05) is 11.3 Å². The van der Waals surface area contributed by atoms with Crippen LogP contribution in [-0.2, 0) is 10.0 Å². The molecule has 0 aliphatic rings. The molecule has 0 radical (unpaired) electrons. The van der Waals surface area contributed by atoms with Crippen LogP contribution in [0.2, 0.25) is 0 Å². The molecule has 0 aromatic heterocycles. The summed E-state index contributed by atoms with van der Waals surface area (Å²) in [4.78, 5) is 12.5. The van der Waals surface area contributed by atoms with Crippen LogP contribution >= 0.6 is 0 Å². The van der Waals surface area contributed by atoms with Gasteiger partial charge in [-0.3, -0.25) is 9.10 Å². The summed E-state index contributed by atoms with van der Waals surface area (Å²) in [5, 5.41) is 2.91. The van der Waals surface area contributed by atoms with Gasteiger partial charge in [-0.15, -0.1) is 6.58 Å². The fourth-order valence-electron chi connectivity index (χ4n) is 2.53. The molecule has 0 aliphatic carbocycles. The first-order valence-corrected chi connectivity index (χ1v) is 9.65. The Bertz CT molecular complexity index is 867. The number of sulfonamides is 1. The summed E-state index contributed by atoms with van der Waals surface area (Å²) in [5.41, 5.74) is 3.71. The summed E-state index contributed by atoms with van der Waals surface area (Å²) in [6, 6.07) is 12.3. The summed E-state index contributed by atoms with van der Waals surface area (Å²) >= 11 is 0. The number of hydrogen-bond acceptors (Lipinski definition) is 3. The van der Waals surface area contributed by atoms with Crippen molar-refractivity contribution in [1.82, 2.24) is 0 Å². The highest BCUT2D eigenvalue weighted by Gasteiger charge is 2.16. The lowest BCUT2D eigenvalue weighted by Gasteiger charge is -2.20. The number of para-hydroxylation sites is 1. The second-order valence-corrected chi connectivity index (χ2v) is 7.76. The first-order valence-electron chi connectivity index (χ1n) is 7.80. The highest BCUT2D eigenvalue weighted by Crippen LogP contribution is 2.22. The van der Waals surface area contributed by atoms with Gasteiger partial charge in [0.05, 0.1) is 18.5 Å². The molecule has 0 heterocycles. The Morgan fingerprint density at radius 3 is 2.16 bits per heavy atom. The van der Waals surface area contributed by atoms with Crippen LogP contribution in [0, 0.1) is 13.8 Å². The molecule has 0 unspecified atom stereocenters. The maximum atomic E-state index is 12.5. The minimum absolute atomic E-state index is 0.173. The van der Waals surface area contributed by atoms with Gasteiger partial charge in [0.1, 0.15) is 0 Å². The number of carbonyl (C=O) groups excluding carboxylic acids is 1. The van der Waals surface area contributed by atoms with E-state index in [0.29, 0.717) is 11.3 Å². The first-order chi connectivity index (χ1) is 11.7. The zero-order chi connectivity index (χ0) is 18.6. The molecule has 2 aromatic rings. The quantitative estimate of drug-likeness (QED) is 0.804. The third kappa shape index (κ3) is 4.48. The molecule has 0 bridgehead atoms. The van der Waals surface area contributed by atoms with E-state index in [1.165, 1.54) is 10.4 Å². The van der Waals surface area contributed by atoms with Crippen molar-refractivity contribution >= 4 is 27.3 Å². The Balaban J connectivity index is 2.24. The highest BCUT2D eigenvalue weighted by molar-refractivity contribution is 7.92. The molecule has 25 heavy (non-hydrogen) atoms. The third-order valence-electron chi connectivity index (χ3n) is 3.83. The fourth-order valence-corrected chi connectivity index (χ4v) is 3.41. The molecule has 0 saturated carbocycles. The van der Waals surface area contributed by atoms with E-state index in [-0.39, 0.29) is 12.5 Å². The van der Waals surface area contributed by atoms with E-state index in [4.69, 9.17) is 0 Å². The van der Waals surface area contributed by atoms with Crippen molar-refractivity contribution in [2.24, 2.45) is 0 Å². The van der Waals surface area contributed by atoms with Crippen molar-refractivity contribution in [1.29, 1.82) is 0 Å². The lowest BCUT2D eigenvalue weighted by atomic mass is 10.1. The van der Waals surface area contributed by atoms with Gasteiger partial charge >= 0.3 is 0 Å². The van der Waals surface area contributed by atoms with E-state index in [1.54, 1.807) is 24.3 Å². The van der Waals surface area contributed by atoms with Gasteiger partial charge in [0.2, 0.25) is 10.0 Å². The number of carbonyl (C=O) groups is 1. The molecule has 2 rings (SSSR count). The zero-order valence-corrected chi connectivity index (χ0v) is 15.4. The highest BCUT2D eigenvalue weighted by atomic mass is 32.2. The van der Waals surface area contributed by atoms with Crippen LogP contribution in [0.1, 0.15) is 21.5 Å². The largest absolute Gasteiger partial charge is 0.322 e. The summed E-state index contributed by atoms with van der Waals surface area (Å²) < 4.78 is 24.9. The van der Waals surface area contributed by atoms with Crippen LogP contribution in [0.4, 0.5) is 11.4 Å². The number of anilines is 2. The number of benzene rings is 2. The molecule has 5 nitrogen and oxygen atoms in total. The summed E-state index contributed by atoms with van der Waals surface area (Å²) in [6.07, 6.45) is 2.65. The van der Waals surface area contributed by atoms with Gasteiger partial charge in [-0.05, 0) is 49.2 Å². The number of nitrogens with one attached hydrogen (secondary N) is 1. The number of amides is 1. The second-order valence-electron chi connectivity index (χ2n) is 5.85. The number of hydrogen-bond donors (Lipinski definition) is 1. The Hall–Kier alpha value is -2.60. The molecular formula is C19H22N2O3S. The SMILES string of the molecule is C=CCN(c1ccc(C(=O)Nc2c(C)cccc2C)cc1)S(C)(=O)=O. The Labute approximate surface area is 149 Å². The summed E-state index contributed by atoms with van der Waals surface area (Å²) in [6.45, 7) is 7.62. The fraction of sp³-hybridized carbons (Fsp3) is 0.211. The average Bonchev–Trinajstić information content (AvgIpc) is 2.55. The summed E-state index contributed by atoms with van der Waals surface area (Å²) in [7, 11) is -3.41. The molecule has 1 amide bonds. The van der Waals surface area contributed by atoms with E-state index >= 15 is 0 Å². The predicted molar refractivity (Wildman–Crippen MR) is 103 cm³/mol. The van der Waals surface area contributed by atoms with Crippen molar-refractivity contribution < 1.29 is 13.2 Å². The van der Waals surface area contributed by atoms with E-state index in [2.05, 4.69) is 11.9 Å². The molecule has 0 saturated heterocycles. The predicted octanol–water partition coefficient (Wildman–Crippen LogP) is 3.51. The molecule has 0 spiro atoms. The molecule has 1 N–H and O–H groups in total. The third-order valence-corrected chi connectivity index (χ3v) is 4.99. The van der Waals surface area contributed by atoms with Gasteiger partial charge in [-0.25, -0.2) is 8.42 Å². The van der Waals surface area contributed by atoms with Gasteiger partial charge in [0.25, 0.3) is 5.91 Å². The van der Waals surface area contributed by atoms with Crippen LogP contribution < -0.4 is 9.62 Å². The lowest BCUT2D eigenvalue weighted by molar-refractivity contribution is 0.102. The molecule has 0 aliphatic heterocycles. The minimum Gasteiger partial charge on any atom is -0.322 e. The van der Waals surface area contributed by atoms with Crippen molar-refractivity contribution in [2.45, 2.75) is 13.8 Å². The summed E-state index contributed by atoms with van der Waals surface area (Å²) in [5.74, 6) is -0.237. The Morgan fingerprint density at radius 1 is 1.12 bits per heavy atom. The minimum atomic E-state index is -3.41. The van der Waals surface area contributed by atoms with E-state index in [1.807, 2.05) is 32.0 Å². The first kappa shape index (κ1) is 18.7. The average molecular weight is 358 g/mol. The van der Waals surface area contributed by atoms with Crippen LogP contribution in [-0.4, -0.2) is 27.1 Å². The van der Waals surface area contributed by atoms with Crippen molar-refractivity contribution in [2.75, 3.05) is 22.4 Å². The molecule has 132 valence electrons. The maximum Gasteiger partial charge on any atom is 0.255 e. The van der Waals surface area contributed by atoms with Crippen molar-refractivity contribution in [3.63, 3.8) is 0 Å². The van der Waals surface area contributed by atoms with Gasteiger partial charge < -0.3 is 5.32 Å². The van der Waals surface area contributed by atoms with Crippen molar-refractivity contribution in [3.8, 4) is 0 Å². The van der Waals surface area contributed by atoms with Gasteiger partial charge in [-0.1, -0.05) is 24.3 Å². The molecular weight excluding hydrogens is 336 g/mol. The number of rotatable bonds is 6. The Morgan fingerprint density at radius 2 is 1.68 bits per heavy atom. The van der Waals surface area contributed by atoms with Crippen LogP contribution in [0.5, 0.6) is 0 Å². The van der Waals surface area contributed by atoms with Gasteiger partial charge in [-0.2, -0.15) is 0 Å². The van der Waals surface area contributed by atoms with Crippen molar-refractivity contribution in [3.05, 3.63) is 71.8 Å². The number of aryl methyl sites for hydroxylation is 2. The zero-order valence-electron chi connectivity index (χ0n) is 14.6. The monoisotopic (exact) mass is 358 g/mol. The molecule has 0 atom stereocenters. The maximum absolute atomic E-state index is 12.5. The van der Waals surface area contributed by atoms with Gasteiger partial charge in [0.15, 0.2) is 0 Å². The lowest BCUT2D eigenvalue weighted by Crippen LogP contribution is -2.29.